The summed E-state index contributed by atoms with van der Waals surface area (Å²) < 4.78 is 1.78. The SMILES string of the molecule is Cn1ccnc1CNC(=O)C(N)CCC(=O)O. The number of hydrogen-bond donors (Lipinski definition) is 3. The van der Waals surface area contributed by atoms with E-state index in [0.29, 0.717) is 5.82 Å². The van der Waals surface area contributed by atoms with Gasteiger partial charge in [0.25, 0.3) is 0 Å². The van der Waals surface area contributed by atoms with Gasteiger partial charge < -0.3 is 20.7 Å². The van der Waals surface area contributed by atoms with Crippen LogP contribution >= 0.6 is 0 Å². The zero-order valence-corrected chi connectivity index (χ0v) is 9.59. The van der Waals surface area contributed by atoms with Crippen molar-refractivity contribution in [2.24, 2.45) is 12.8 Å². The molecule has 17 heavy (non-hydrogen) atoms. The molecule has 0 aliphatic carbocycles. The Morgan fingerprint density at radius 2 is 2.35 bits per heavy atom. The van der Waals surface area contributed by atoms with Crippen LogP contribution in [-0.2, 0) is 23.2 Å². The zero-order chi connectivity index (χ0) is 12.8. The maximum absolute atomic E-state index is 11.5. The molecule has 7 heteroatoms. The summed E-state index contributed by atoms with van der Waals surface area (Å²) in [5.41, 5.74) is 5.54. The molecule has 1 rings (SSSR count). The minimum Gasteiger partial charge on any atom is -0.481 e. The summed E-state index contributed by atoms with van der Waals surface area (Å²) in [6, 6.07) is -0.800. The third-order valence-corrected chi connectivity index (χ3v) is 2.35. The van der Waals surface area contributed by atoms with Crippen LogP contribution in [0.4, 0.5) is 0 Å². The molecule has 0 radical (unpaired) electrons. The van der Waals surface area contributed by atoms with Gasteiger partial charge in [0.15, 0.2) is 0 Å². The molecule has 0 bridgehead atoms. The van der Waals surface area contributed by atoms with E-state index in [4.69, 9.17) is 10.8 Å². The molecule has 0 saturated carbocycles. The Labute approximate surface area is 98.6 Å². The number of nitrogens with zero attached hydrogens (tertiary/aromatic N) is 2. The largest absolute Gasteiger partial charge is 0.481 e. The molecule has 4 N–H and O–H groups in total. The van der Waals surface area contributed by atoms with E-state index >= 15 is 0 Å². The van der Waals surface area contributed by atoms with E-state index in [1.165, 1.54) is 0 Å². The molecule has 0 spiro atoms. The molecule has 0 aliphatic heterocycles. The van der Waals surface area contributed by atoms with Crippen LogP contribution in [0.15, 0.2) is 12.4 Å². The molecule has 1 aromatic heterocycles. The van der Waals surface area contributed by atoms with Crippen molar-refractivity contribution in [2.75, 3.05) is 0 Å². The lowest BCUT2D eigenvalue weighted by atomic mass is 10.1. The average molecular weight is 240 g/mol. The van der Waals surface area contributed by atoms with Crippen LogP contribution in [0.25, 0.3) is 0 Å². The maximum atomic E-state index is 11.5. The van der Waals surface area contributed by atoms with Crippen LogP contribution in [0.1, 0.15) is 18.7 Å². The fraction of sp³-hybridized carbons (Fsp3) is 0.500. The van der Waals surface area contributed by atoms with Crippen LogP contribution in [0.5, 0.6) is 0 Å². The van der Waals surface area contributed by atoms with E-state index in [9.17, 15) is 9.59 Å². The van der Waals surface area contributed by atoms with Crippen molar-refractivity contribution in [3.63, 3.8) is 0 Å². The summed E-state index contributed by atoms with van der Waals surface area (Å²) in [5, 5.41) is 11.1. The minimum atomic E-state index is -0.961. The smallest absolute Gasteiger partial charge is 0.303 e. The number of carboxylic acid groups (broad SMARTS) is 1. The number of aryl methyl sites for hydroxylation is 1. The molecule has 0 fully saturated rings. The highest BCUT2D eigenvalue weighted by molar-refractivity contribution is 5.82. The molecule has 0 aliphatic rings. The lowest BCUT2D eigenvalue weighted by Gasteiger charge is -2.10. The van der Waals surface area contributed by atoms with Gasteiger partial charge in [0, 0.05) is 25.9 Å². The molecular weight excluding hydrogens is 224 g/mol. The number of carbonyl (C=O) groups is 2. The lowest BCUT2D eigenvalue weighted by molar-refractivity contribution is -0.137. The van der Waals surface area contributed by atoms with E-state index in [2.05, 4.69) is 10.3 Å². The predicted molar refractivity (Wildman–Crippen MR) is 59.9 cm³/mol. The summed E-state index contributed by atoms with van der Waals surface area (Å²) in [7, 11) is 1.82. The van der Waals surface area contributed by atoms with E-state index in [1.807, 2.05) is 7.05 Å². The van der Waals surface area contributed by atoms with Crippen molar-refractivity contribution in [1.82, 2.24) is 14.9 Å². The Morgan fingerprint density at radius 1 is 1.65 bits per heavy atom. The molecule has 1 aromatic rings. The fourth-order valence-corrected chi connectivity index (χ4v) is 1.27. The minimum absolute atomic E-state index is 0.114. The van der Waals surface area contributed by atoms with Crippen molar-refractivity contribution < 1.29 is 14.7 Å². The highest BCUT2D eigenvalue weighted by atomic mass is 16.4. The van der Waals surface area contributed by atoms with E-state index in [1.54, 1.807) is 17.0 Å². The van der Waals surface area contributed by atoms with Crippen LogP contribution in [0.3, 0.4) is 0 Å². The summed E-state index contributed by atoms with van der Waals surface area (Å²) in [6.45, 7) is 0.281. The summed E-state index contributed by atoms with van der Waals surface area (Å²) in [5.74, 6) is -0.615. The van der Waals surface area contributed by atoms with Gasteiger partial charge in [-0.1, -0.05) is 0 Å². The number of nitrogens with two attached hydrogens (primary N) is 1. The quantitative estimate of drug-likeness (QED) is 0.604. The first-order valence-electron chi connectivity index (χ1n) is 5.22. The van der Waals surface area contributed by atoms with Gasteiger partial charge in [0.2, 0.25) is 5.91 Å². The van der Waals surface area contributed by atoms with Gasteiger partial charge in [-0.25, -0.2) is 4.98 Å². The van der Waals surface area contributed by atoms with Gasteiger partial charge in [-0.15, -0.1) is 0 Å². The first kappa shape index (κ1) is 13.2. The number of carboxylic acids is 1. The lowest BCUT2D eigenvalue weighted by Crippen LogP contribution is -2.40. The normalized spacial score (nSPS) is 12.1. The molecule has 0 aromatic carbocycles. The van der Waals surface area contributed by atoms with Crippen LogP contribution in [-0.4, -0.2) is 32.6 Å². The van der Waals surface area contributed by atoms with Gasteiger partial charge in [0.1, 0.15) is 5.82 Å². The molecule has 7 nitrogen and oxygen atoms in total. The number of carbonyl (C=O) groups excluding carboxylic acids is 1. The van der Waals surface area contributed by atoms with Crippen molar-refractivity contribution in [1.29, 1.82) is 0 Å². The Balaban J connectivity index is 2.34. The van der Waals surface area contributed by atoms with Gasteiger partial charge in [-0.2, -0.15) is 0 Å². The number of amides is 1. The number of hydrogen-bond acceptors (Lipinski definition) is 4. The number of aromatic nitrogens is 2. The molecule has 1 atom stereocenters. The van der Waals surface area contributed by atoms with Crippen LogP contribution in [0, 0.1) is 0 Å². The molecule has 1 amide bonds. The molecule has 1 unspecified atom stereocenters. The van der Waals surface area contributed by atoms with Crippen LogP contribution < -0.4 is 11.1 Å². The second-order valence-corrected chi connectivity index (χ2v) is 3.71. The van der Waals surface area contributed by atoms with Gasteiger partial charge in [-0.3, -0.25) is 9.59 Å². The van der Waals surface area contributed by atoms with Crippen molar-refractivity contribution in [2.45, 2.75) is 25.4 Å². The molecule has 0 saturated heterocycles. The first-order chi connectivity index (χ1) is 8.00. The Bertz CT molecular complexity index is 402. The van der Waals surface area contributed by atoms with Crippen LogP contribution in [0.2, 0.25) is 0 Å². The standard InChI is InChI=1S/C10H16N4O3/c1-14-5-4-12-8(14)6-13-10(17)7(11)2-3-9(15)16/h4-5,7H,2-3,6,11H2,1H3,(H,13,17)(H,15,16). The Kier molecular flexibility index (Phi) is 4.65. The van der Waals surface area contributed by atoms with Crippen molar-refractivity contribution in [3.8, 4) is 0 Å². The Morgan fingerprint density at radius 3 is 2.88 bits per heavy atom. The number of imidazole rings is 1. The summed E-state index contributed by atoms with van der Waals surface area (Å²) in [4.78, 5) is 25.8. The third kappa shape index (κ3) is 4.23. The van der Waals surface area contributed by atoms with E-state index < -0.39 is 12.0 Å². The van der Waals surface area contributed by atoms with Gasteiger partial charge in [-0.05, 0) is 6.42 Å². The molecule has 94 valence electrons. The first-order valence-corrected chi connectivity index (χ1v) is 5.22. The highest BCUT2D eigenvalue weighted by Gasteiger charge is 2.14. The number of aliphatic carboxylic acids is 1. The fourth-order valence-electron chi connectivity index (χ4n) is 1.27. The number of rotatable bonds is 6. The monoisotopic (exact) mass is 240 g/mol. The predicted octanol–water partition coefficient (Wildman–Crippen LogP) is -0.772. The number of nitrogens with one attached hydrogen (secondary N) is 1. The Hall–Kier alpha value is -1.89. The maximum Gasteiger partial charge on any atom is 0.303 e. The van der Waals surface area contributed by atoms with Crippen molar-refractivity contribution >= 4 is 11.9 Å². The third-order valence-electron chi connectivity index (χ3n) is 2.35. The highest BCUT2D eigenvalue weighted by Crippen LogP contribution is 1.97. The average Bonchev–Trinajstić information content (AvgIpc) is 2.68. The van der Waals surface area contributed by atoms with Crippen molar-refractivity contribution in [3.05, 3.63) is 18.2 Å². The summed E-state index contributed by atoms with van der Waals surface area (Å²) >= 11 is 0. The zero-order valence-electron chi connectivity index (χ0n) is 9.59. The van der Waals surface area contributed by atoms with Gasteiger partial charge >= 0.3 is 5.97 Å². The molecule has 1 heterocycles. The topological polar surface area (TPSA) is 110 Å². The molecular formula is C10H16N4O3. The summed E-state index contributed by atoms with van der Waals surface area (Å²) in [6.07, 6.45) is 3.41. The van der Waals surface area contributed by atoms with Gasteiger partial charge in [0.05, 0.1) is 12.6 Å². The second-order valence-electron chi connectivity index (χ2n) is 3.71. The van der Waals surface area contributed by atoms with E-state index in [-0.39, 0.29) is 25.3 Å². The van der Waals surface area contributed by atoms with E-state index in [0.717, 1.165) is 0 Å². The second kappa shape index (κ2) is 6.00.